The summed E-state index contributed by atoms with van der Waals surface area (Å²) in [7, 11) is 3.11. The summed E-state index contributed by atoms with van der Waals surface area (Å²) in [6.45, 7) is 2.89. The van der Waals surface area contributed by atoms with Crippen LogP contribution in [-0.2, 0) is 19.1 Å². The van der Waals surface area contributed by atoms with E-state index in [-0.39, 0.29) is 30.2 Å². The van der Waals surface area contributed by atoms with E-state index in [1.54, 1.807) is 47.1 Å². The fraction of sp³-hybridized carbons (Fsp3) is 0.591. The van der Waals surface area contributed by atoms with E-state index < -0.39 is 5.92 Å². The average molecular weight is 431 g/mol. The van der Waals surface area contributed by atoms with Gasteiger partial charge in [-0.1, -0.05) is 0 Å². The van der Waals surface area contributed by atoms with E-state index in [0.29, 0.717) is 56.5 Å². The van der Waals surface area contributed by atoms with E-state index in [1.807, 2.05) is 0 Å². The molecule has 3 aliphatic heterocycles. The first kappa shape index (κ1) is 21.4. The number of anilines is 1. The number of amides is 3. The van der Waals surface area contributed by atoms with Gasteiger partial charge in [-0.2, -0.15) is 0 Å². The summed E-state index contributed by atoms with van der Waals surface area (Å²) in [5, 5.41) is 0. The van der Waals surface area contributed by atoms with Crippen molar-refractivity contribution in [2.45, 2.75) is 25.4 Å². The molecule has 168 valence electrons. The van der Waals surface area contributed by atoms with Gasteiger partial charge >= 0.3 is 0 Å². The highest BCUT2D eigenvalue weighted by atomic mass is 16.5. The first-order valence-electron chi connectivity index (χ1n) is 10.7. The Morgan fingerprint density at radius 3 is 2.35 bits per heavy atom. The van der Waals surface area contributed by atoms with Crippen LogP contribution >= 0.6 is 0 Å². The van der Waals surface area contributed by atoms with Crippen LogP contribution in [0.4, 0.5) is 5.69 Å². The molecule has 3 heterocycles. The van der Waals surface area contributed by atoms with Gasteiger partial charge < -0.3 is 28.9 Å². The van der Waals surface area contributed by atoms with Crippen LogP contribution in [0, 0.1) is 5.92 Å². The lowest BCUT2D eigenvalue weighted by atomic mass is 10.1. The number of carbonyl (C=O) groups excluding carboxylic acids is 3. The van der Waals surface area contributed by atoms with E-state index in [2.05, 4.69) is 0 Å². The number of ether oxygens (including phenoxy) is 3. The fourth-order valence-corrected chi connectivity index (χ4v) is 4.50. The van der Waals surface area contributed by atoms with E-state index in [1.165, 1.54) is 0 Å². The molecule has 3 amide bonds. The largest absolute Gasteiger partial charge is 0.497 e. The monoisotopic (exact) mass is 431 g/mol. The summed E-state index contributed by atoms with van der Waals surface area (Å²) in [5.74, 6) is 0.633. The number of methoxy groups -OCH3 is 2. The molecule has 0 spiro atoms. The maximum atomic E-state index is 13.1. The van der Waals surface area contributed by atoms with Gasteiger partial charge in [0.05, 0.1) is 25.8 Å². The maximum Gasteiger partial charge on any atom is 0.251 e. The van der Waals surface area contributed by atoms with Crippen molar-refractivity contribution in [2.24, 2.45) is 5.92 Å². The van der Waals surface area contributed by atoms with Gasteiger partial charge in [0.1, 0.15) is 17.6 Å². The van der Waals surface area contributed by atoms with Crippen molar-refractivity contribution >= 4 is 23.4 Å². The Labute approximate surface area is 181 Å². The predicted molar refractivity (Wildman–Crippen MR) is 112 cm³/mol. The van der Waals surface area contributed by atoms with Gasteiger partial charge in [0.2, 0.25) is 11.8 Å². The molecule has 1 aromatic carbocycles. The van der Waals surface area contributed by atoms with Crippen LogP contribution in [0.25, 0.3) is 0 Å². The number of carbonyl (C=O) groups is 3. The first-order valence-corrected chi connectivity index (χ1v) is 10.7. The molecular formula is C22H29N3O6. The number of hydrogen-bond donors (Lipinski definition) is 0. The predicted octanol–water partition coefficient (Wildman–Crippen LogP) is 0.907. The minimum absolute atomic E-state index is 0.0249. The summed E-state index contributed by atoms with van der Waals surface area (Å²) in [4.78, 5) is 43.5. The summed E-state index contributed by atoms with van der Waals surface area (Å²) in [5.41, 5.74) is 0.606. The lowest BCUT2D eigenvalue weighted by Crippen LogP contribution is -2.54. The van der Waals surface area contributed by atoms with Crippen molar-refractivity contribution in [1.82, 2.24) is 9.80 Å². The van der Waals surface area contributed by atoms with Gasteiger partial charge in [-0.05, 0) is 25.0 Å². The minimum Gasteiger partial charge on any atom is -0.497 e. The lowest BCUT2D eigenvalue weighted by Gasteiger charge is -2.36. The molecule has 0 aliphatic carbocycles. The molecule has 2 unspecified atom stereocenters. The van der Waals surface area contributed by atoms with E-state index in [4.69, 9.17) is 14.2 Å². The molecule has 3 saturated heterocycles. The van der Waals surface area contributed by atoms with Crippen molar-refractivity contribution in [2.75, 3.05) is 58.5 Å². The number of piperazine rings is 1. The number of benzene rings is 1. The summed E-state index contributed by atoms with van der Waals surface area (Å²) in [6, 6.07) is 5.27. The summed E-state index contributed by atoms with van der Waals surface area (Å²) in [6.07, 6.45) is 1.51. The van der Waals surface area contributed by atoms with E-state index in [9.17, 15) is 14.4 Å². The molecule has 4 rings (SSSR count). The molecule has 1 aromatic rings. The zero-order valence-electron chi connectivity index (χ0n) is 18.0. The van der Waals surface area contributed by atoms with Gasteiger partial charge in [-0.25, -0.2) is 0 Å². The Kier molecular flexibility index (Phi) is 6.31. The fourth-order valence-electron chi connectivity index (χ4n) is 4.50. The SMILES string of the molecule is COc1ccc(OC)c(N2CC(C(=O)N3CCN(C(=O)C4CCCO4)CC3)CC2=O)c1. The second-order valence-corrected chi connectivity index (χ2v) is 8.10. The highest BCUT2D eigenvalue weighted by Gasteiger charge is 2.39. The summed E-state index contributed by atoms with van der Waals surface area (Å²) >= 11 is 0. The minimum atomic E-state index is -0.413. The van der Waals surface area contributed by atoms with Crippen LogP contribution in [0.5, 0.6) is 11.5 Å². The number of hydrogen-bond acceptors (Lipinski definition) is 6. The van der Waals surface area contributed by atoms with Crippen molar-refractivity contribution in [3.05, 3.63) is 18.2 Å². The summed E-state index contributed by atoms with van der Waals surface area (Å²) < 4.78 is 16.2. The van der Waals surface area contributed by atoms with E-state index >= 15 is 0 Å². The number of nitrogens with zero attached hydrogens (tertiary/aromatic N) is 3. The molecular weight excluding hydrogens is 402 g/mol. The van der Waals surface area contributed by atoms with Crippen LogP contribution in [-0.4, -0.2) is 87.2 Å². The molecule has 3 fully saturated rings. The molecule has 9 heteroatoms. The molecule has 3 aliphatic rings. The molecule has 0 saturated carbocycles. The molecule has 31 heavy (non-hydrogen) atoms. The van der Waals surface area contributed by atoms with Gasteiger partial charge in [0.15, 0.2) is 0 Å². The molecule has 0 bridgehead atoms. The van der Waals surface area contributed by atoms with Crippen LogP contribution in [0.15, 0.2) is 18.2 Å². The van der Waals surface area contributed by atoms with E-state index in [0.717, 1.165) is 12.8 Å². The van der Waals surface area contributed by atoms with Gasteiger partial charge in [0, 0.05) is 51.8 Å². The standard InChI is InChI=1S/C22H29N3O6/c1-29-16-5-6-18(30-2)17(13-16)25-14-15(12-20(25)26)21(27)23-7-9-24(10-8-23)22(28)19-4-3-11-31-19/h5-6,13,15,19H,3-4,7-12,14H2,1-2H3. The Balaban J connectivity index is 1.37. The van der Waals surface area contributed by atoms with Crippen LogP contribution in [0.3, 0.4) is 0 Å². The van der Waals surface area contributed by atoms with Crippen molar-refractivity contribution in [3.63, 3.8) is 0 Å². The van der Waals surface area contributed by atoms with Gasteiger partial charge in [0.25, 0.3) is 5.91 Å². The van der Waals surface area contributed by atoms with Crippen molar-refractivity contribution in [1.29, 1.82) is 0 Å². The normalized spacial score (nSPS) is 23.9. The molecule has 0 radical (unpaired) electrons. The molecule has 9 nitrogen and oxygen atoms in total. The Morgan fingerprint density at radius 2 is 1.74 bits per heavy atom. The number of rotatable bonds is 5. The zero-order chi connectivity index (χ0) is 22.0. The quantitative estimate of drug-likeness (QED) is 0.689. The van der Waals surface area contributed by atoms with Gasteiger partial charge in [-0.3, -0.25) is 14.4 Å². The average Bonchev–Trinajstić information content (AvgIpc) is 3.48. The first-order chi connectivity index (χ1) is 15.0. The maximum absolute atomic E-state index is 13.1. The zero-order valence-corrected chi connectivity index (χ0v) is 18.0. The highest BCUT2D eigenvalue weighted by Crippen LogP contribution is 2.36. The Bertz CT molecular complexity index is 846. The third-order valence-corrected chi connectivity index (χ3v) is 6.26. The highest BCUT2D eigenvalue weighted by molar-refractivity contribution is 6.01. The smallest absolute Gasteiger partial charge is 0.251 e. The van der Waals surface area contributed by atoms with Crippen molar-refractivity contribution in [3.8, 4) is 11.5 Å². The second-order valence-electron chi connectivity index (χ2n) is 8.10. The van der Waals surface area contributed by atoms with Crippen LogP contribution < -0.4 is 14.4 Å². The third-order valence-electron chi connectivity index (χ3n) is 6.26. The topological polar surface area (TPSA) is 88.6 Å². The van der Waals surface area contributed by atoms with Gasteiger partial charge in [-0.15, -0.1) is 0 Å². The van der Waals surface area contributed by atoms with Crippen LogP contribution in [0.2, 0.25) is 0 Å². The Hall–Kier alpha value is -2.81. The lowest BCUT2D eigenvalue weighted by molar-refractivity contribution is -0.147. The second kappa shape index (κ2) is 9.13. The van der Waals surface area contributed by atoms with Crippen LogP contribution in [0.1, 0.15) is 19.3 Å². The van der Waals surface area contributed by atoms with Crippen molar-refractivity contribution < 1.29 is 28.6 Å². The molecule has 0 N–H and O–H groups in total. The molecule has 0 aromatic heterocycles. The molecule has 2 atom stereocenters. The third kappa shape index (κ3) is 4.32. The Morgan fingerprint density at radius 1 is 1.03 bits per heavy atom.